The van der Waals surface area contributed by atoms with E-state index in [0.29, 0.717) is 26.0 Å². The van der Waals surface area contributed by atoms with Gasteiger partial charge < -0.3 is 4.74 Å². The number of carbonyl (C=O) groups is 2. The molecule has 4 bridgehead atoms. The number of ether oxygens (including phenoxy) is 1. The van der Waals surface area contributed by atoms with Crippen LogP contribution >= 0.6 is 0 Å². The van der Waals surface area contributed by atoms with Crippen LogP contribution in [0.25, 0.3) is 0 Å². The van der Waals surface area contributed by atoms with Gasteiger partial charge in [-0.15, -0.1) is 0 Å². The first-order valence-corrected chi connectivity index (χ1v) is 10.6. The van der Waals surface area contributed by atoms with Gasteiger partial charge in [0.1, 0.15) is 0 Å². The van der Waals surface area contributed by atoms with Crippen molar-refractivity contribution in [2.45, 2.75) is 57.0 Å². The van der Waals surface area contributed by atoms with Gasteiger partial charge in [-0.3, -0.25) is 14.5 Å². The first kappa shape index (κ1) is 17.4. The Bertz CT molecular complexity index is 693. The largest absolute Gasteiger partial charge is 0.373 e. The molecule has 0 spiro atoms. The molecule has 0 radical (unpaired) electrons. The van der Waals surface area contributed by atoms with Crippen molar-refractivity contribution < 1.29 is 14.3 Å². The van der Waals surface area contributed by atoms with Crippen LogP contribution in [0.5, 0.6) is 0 Å². The molecular formula is C23H29NO3. The molecule has 1 aromatic rings. The van der Waals surface area contributed by atoms with E-state index in [1.165, 1.54) is 43.4 Å². The molecule has 2 amide bonds. The number of amides is 2. The SMILES string of the molecule is O=C1C[C@H](Cc2ccccc2)C(=O)N1CCOC12CC3CC(CC(C3)C1)C2. The summed E-state index contributed by atoms with van der Waals surface area (Å²) in [5.41, 5.74) is 1.17. The lowest BCUT2D eigenvalue weighted by molar-refractivity contribution is -0.167. The van der Waals surface area contributed by atoms with E-state index in [4.69, 9.17) is 4.74 Å². The molecule has 27 heavy (non-hydrogen) atoms. The van der Waals surface area contributed by atoms with Crippen LogP contribution in [0.3, 0.4) is 0 Å². The molecule has 0 unspecified atom stereocenters. The molecule has 0 aromatic heterocycles. The first-order chi connectivity index (χ1) is 13.1. The summed E-state index contributed by atoms with van der Waals surface area (Å²) in [6.07, 6.45) is 8.75. The molecule has 144 valence electrons. The fraction of sp³-hybridized carbons (Fsp3) is 0.652. The maximum absolute atomic E-state index is 12.7. The van der Waals surface area contributed by atoms with Gasteiger partial charge in [-0.2, -0.15) is 0 Å². The Morgan fingerprint density at radius 1 is 0.963 bits per heavy atom. The minimum absolute atomic E-state index is 0.0158. The lowest BCUT2D eigenvalue weighted by Gasteiger charge is -2.56. The van der Waals surface area contributed by atoms with Crippen molar-refractivity contribution in [1.82, 2.24) is 4.90 Å². The zero-order chi connectivity index (χ0) is 18.4. The summed E-state index contributed by atoms with van der Waals surface area (Å²) in [7, 11) is 0. The van der Waals surface area contributed by atoms with E-state index in [-0.39, 0.29) is 23.3 Å². The highest BCUT2D eigenvalue weighted by Gasteiger charge is 2.51. The number of likely N-dealkylation sites (tertiary alicyclic amines) is 1. The van der Waals surface area contributed by atoms with E-state index >= 15 is 0 Å². The van der Waals surface area contributed by atoms with Crippen molar-refractivity contribution in [3.8, 4) is 0 Å². The van der Waals surface area contributed by atoms with Crippen molar-refractivity contribution in [1.29, 1.82) is 0 Å². The van der Waals surface area contributed by atoms with E-state index < -0.39 is 0 Å². The van der Waals surface area contributed by atoms with Gasteiger partial charge in [0.2, 0.25) is 11.8 Å². The molecule has 4 heteroatoms. The topological polar surface area (TPSA) is 46.6 Å². The summed E-state index contributed by atoms with van der Waals surface area (Å²) in [4.78, 5) is 26.6. The molecule has 4 nitrogen and oxygen atoms in total. The monoisotopic (exact) mass is 367 g/mol. The molecule has 1 aliphatic heterocycles. The Balaban J connectivity index is 1.17. The molecule has 5 fully saturated rings. The van der Waals surface area contributed by atoms with Crippen LogP contribution in [0.4, 0.5) is 0 Å². The van der Waals surface area contributed by atoms with Crippen molar-refractivity contribution >= 4 is 11.8 Å². The molecule has 6 rings (SSSR count). The molecule has 1 aromatic carbocycles. The van der Waals surface area contributed by atoms with Gasteiger partial charge in [-0.1, -0.05) is 30.3 Å². The fourth-order valence-electron chi connectivity index (χ4n) is 6.61. The van der Waals surface area contributed by atoms with Crippen molar-refractivity contribution in [2.75, 3.05) is 13.2 Å². The summed E-state index contributed by atoms with van der Waals surface area (Å²) in [6.45, 7) is 0.923. The highest BCUT2D eigenvalue weighted by molar-refractivity contribution is 6.03. The van der Waals surface area contributed by atoms with Crippen LogP contribution in [0, 0.1) is 23.7 Å². The second-order valence-corrected chi connectivity index (χ2v) is 9.42. The van der Waals surface area contributed by atoms with Crippen molar-refractivity contribution in [3.63, 3.8) is 0 Å². The van der Waals surface area contributed by atoms with Gasteiger partial charge in [0.15, 0.2) is 0 Å². The van der Waals surface area contributed by atoms with Crippen LogP contribution in [-0.2, 0) is 20.7 Å². The molecule has 1 saturated heterocycles. The third-order valence-corrected chi connectivity index (χ3v) is 7.37. The zero-order valence-corrected chi connectivity index (χ0v) is 15.9. The van der Waals surface area contributed by atoms with Gasteiger partial charge in [0.05, 0.1) is 24.7 Å². The number of nitrogens with zero attached hydrogens (tertiary/aromatic N) is 1. The van der Waals surface area contributed by atoms with Gasteiger partial charge in [-0.05, 0) is 68.3 Å². The molecule has 4 saturated carbocycles. The van der Waals surface area contributed by atoms with E-state index in [0.717, 1.165) is 23.3 Å². The standard InChI is InChI=1S/C23H29NO3/c25-21-12-20(11-16-4-2-1-3-5-16)22(26)24(21)6-7-27-23-13-17-8-18(14-23)10-19(9-17)15-23/h1-5,17-20H,6-15H2/t17?,18?,19?,20-,23?/m0/s1. The number of benzene rings is 1. The minimum Gasteiger partial charge on any atom is -0.373 e. The number of hydrogen-bond donors (Lipinski definition) is 0. The molecule has 4 aliphatic carbocycles. The summed E-state index contributed by atoms with van der Waals surface area (Å²) < 4.78 is 6.41. The van der Waals surface area contributed by atoms with Crippen LogP contribution in [0.1, 0.15) is 50.5 Å². The van der Waals surface area contributed by atoms with E-state index in [1.807, 2.05) is 30.3 Å². The third-order valence-electron chi connectivity index (χ3n) is 7.37. The zero-order valence-electron chi connectivity index (χ0n) is 15.9. The predicted molar refractivity (Wildman–Crippen MR) is 102 cm³/mol. The Hall–Kier alpha value is -1.68. The molecule has 1 atom stereocenters. The normalized spacial score (nSPS) is 37.4. The van der Waals surface area contributed by atoms with Gasteiger partial charge >= 0.3 is 0 Å². The average Bonchev–Trinajstić information content (AvgIpc) is 2.89. The molecule has 5 aliphatic rings. The number of carbonyl (C=O) groups excluding carboxylic acids is 2. The van der Waals surface area contributed by atoms with Crippen LogP contribution in [0.2, 0.25) is 0 Å². The molecule has 1 heterocycles. The first-order valence-electron chi connectivity index (χ1n) is 10.6. The van der Waals surface area contributed by atoms with E-state index in [1.54, 1.807) is 0 Å². The second kappa shape index (κ2) is 6.73. The van der Waals surface area contributed by atoms with E-state index in [2.05, 4.69) is 0 Å². The maximum atomic E-state index is 12.7. The summed E-state index contributed by atoms with van der Waals surface area (Å²) in [5.74, 6) is 2.29. The fourth-order valence-corrected chi connectivity index (χ4v) is 6.61. The Kier molecular flexibility index (Phi) is 4.34. The summed E-state index contributed by atoms with van der Waals surface area (Å²) in [6, 6.07) is 9.98. The third kappa shape index (κ3) is 3.33. The number of rotatable bonds is 6. The molecule has 0 N–H and O–H groups in total. The second-order valence-electron chi connectivity index (χ2n) is 9.42. The van der Waals surface area contributed by atoms with Crippen LogP contribution in [-0.4, -0.2) is 35.5 Å². The number of imide groups is 1. The van der Waals surface area contributed by atoms with Crippen molar-refractivity contribution in [2.24, 2.45) is 23.7 Å². The van der Waals surface area contributed by atoms with Gasteiger partial charge in [-0.25, -0.2) is 0 Å². The predicted octanol–water partition coefficient (Wildman–Crippen LogP) is 3.59. The average molecular weight is 367 g/mol. The van der Waals surface area contributed by atoms with Crippen LogP contribution < -0.4 is 0 Å². The summed E-state index contributed by atoms with van der Waals surface area (Å²) in [5, 5.41) is 0. The number of hydrogen-bond acceptors (Lipinski definition) is 3. The van der Waals surface area contributed by atoms with E-state index in [9.17, 15) is 9.59 Å². The minimum atomic E-state index is -0.209. The maximum Gasteiger partial charge on any atom is 0.233 e. The lowest BCUT2D eigenvalue weighted by Crippen LogP contribution is -2.52. The Labute approximate surface area is 161 Å². The Morgan fingerprint density at radius 2 is 1.59 bits per heavy atom. The smallest absolute Gasteiger partial charge is 0.233 e. The highest BCUT2D eigenvalue weighted by atomic mass is 16.5. The highest BCUT2D eigenvalue weighted by Crippen LogP contribution is 2.57. The molecular weight excluding hydrogens is 338 g/mol. The van der Waals surface area contributed by atoms with Crippen LogP contribution in [0.15, 0.2) is 30.3 Å². The Morgan fingerprint density at radius 3 is 2.22 bits per heavy atom. The van der Waals surface area contributed by atoms with Crippen molar-refractivity contribution in [3.05, 3.63) is 35.9 Å². The lowest BCUT2D eigenvalue weighted by atomic mass is 9.54. The van der Waals surface area contributed by atoms with Gasteiger partial charge in [0, 0.05) is 6.42 Å². The quantitative estimate of drug-likeness (QED) is 0.722. The summed E-state index contributed by atoms with van der Waals surface area (Å²) >= 11 is 0. The van der Waals surface area contributed by atoms with Gasteiger partial charge in [0.25, 0.3) is 0 Å².